The Balaban J connectivity index is 1.62. The molecule has 0 bridgehead atoms. The summed E-state index contributed by atoms with van der Waals surface area (Å²) in [6, 6.07) is 15.8. The van der Waals surface area contributed by atoms with E-state index in [1.165, 1.54) is 0 Å². The van der Waals surface area contributed by atoms with E-state index in [2.05, 4.69) is 16.0 Å². The van der Waals surface area contributed by atoms with Crippen molar-refractivity contribution in [1.29, 1.82) is 0 Å². The third-order valence-corrected chi connectivity index (χ3v) is 3.68. The first-order valence-electron chi connectivity index (χ1n) is 8.77. The van der Waals surface area contributed by atoms with E-state index in [4.69, 9.17) is 4.74 Å². The average Bonchev–Trinajstić information content (AvgIpc) is 2.67. The zero-order chi connectivity index (χ0) is 20.4. The van der Waals surface area contributed by atoms with Crippen molar-refractivity contribution in [1.82, 2.24) is 5.32 Å². The summed E-state index contributed by atoms with van der Waals surface area (Å²) in [5.74, 6) is -1.00. The number of para-hydroxylation sites is 1. The summed E-state index contributed by atoms with van der Waals surface area (Å²) >= 11 is 0. The maximum Gasteiger partial charge on any atom is 0.319 e. The second-order valence-electron chi connectivity index (χ2n) is 6.15. The molecule has 0 saturated heterocycles. The van der Waals surface area contributed by atoms with Crippen LogP contribution in [-0.4, -0.2) is 45.2 Å². The summed E-state index contributed by atoms with van der Waals surface area (Å²) in [5.41, 5.74) is 2.27. The minimum absolute atomic E-state index is 0.0347. The van der Waals surface area contributed by atoms with Gasteiger partial charge in [-0.25, -0.2) is 4.79 Å². The molecule has 0 saturated carbocycles. The van der Waals surface area contributed by atoms with Crippen LogP contribution in [0, 0.1) is 0 Å². The predicted octanol–water partition coefficient (Wildman–Crippen LogP) is 2.45. The number of hydrogen-bond acceptors (Lipinski definition) is 5. The lowest BCUT2D eigenvalue weighted by atomic mass is 10.2. The van der Waals surface area contributed by atoms with Gasteiger partial charge in [-0.05, 0) is 36.4 Å². The molecule has 0 atom stereocenters. The van der Waals surface area contributed by atoms with Crippen LogP contribution in [0.1, 0.15) is 6.42 Å². The fourth-order valence-electron chi connectivity index (χ4n) is 2.23. The Morgan fingerprint density at radius 2 is 1.54 bits per heavy atom. The van der Waals surface area contributed by atoms with E-state index in [1.54, 1.807) is 36.4 Å². The quantitative estimate of drug-likeness (QED) is 0.607. The molecule has 0 heterocycles. The first-order valence-corrected chi connectivity index (χ1v) is 8.77. The largest absolute Gasteiger partial charge is 0.456 e. The van der Waals surface area contributed by atoms with E-state index < -0.39 is 17.9 Å². The second-order valence-corrected chi connectivity index (χ2v) is 6.15. The summed E-state index contributed by atoms with van der Waals surface area (Å²) in [6.07, 6.45) is -0.0347. The standard InChI is InChI=1S/C20H24N4O4/c1-24(2)17-10-8-16(9-11-17)22-18(25)14-28-19(26)12-13-21-20(27)23-15-6-4-3-5-7-15/h3-11H,12-14H2,1-2H3,(H,22,25)(H2,21,23,27). The van der Waals surface area contributed by atoms with Gasteiger partial charge in [0.2, 0.25) is 0 Å². The van der Waals surface area contributed by atoms with Gasteiger partial charge in [-0.15, -0.1) is 0 Å². The molecule has 0 unspecified atom stereocenters. The fraction of sp³-hybridized carbons (Fsp3) is 0.250. The molecule has 2 aromatic rings. The molecule has 8 heteroatoms. The number of esters is 1. The molecule has 2 rings (SSSR count). The first kappa shape index (κ1) is 20.8. The molecule has 8 nitrogen and oxygen atoms in total. The van der Waals surface area contributed by atoms with Gasteiger partial charge in [0.15, 0.2) is 6.61 Å². The Bertz CT molecular complexity index is 792. The number of amides is 3. The zero-order valence-electron chi connectivity index (χ0n) is 15.9. The molecule has 0 spiro atoms. The van der Waals surface area contributed by atoms with Crippen LogP contribution >= 0.6 is 0 Å². The number of hydrogen-bond donors (Lipinski definition) is 3. The number of ether oxygens (including phenoxy) is 1. The van der Waals surface area contributed by atoms with E-state index in [9.17, 15) is 14.4 Å². The lowest BCUT2D eigenvalue weighted by molar-refractivity contribution is -0.147. The molecule has 0 aliphatic heterocycles. The van der Waals surface area contributed by atoms with Crippen LogP contribution in [0.15, 0.2) is 54.6 Å². The maximum absolute atomic E-state index is 11.8. The summed E-state index contributed by atoms with van der Waals surface area (Å²) in [7, 11) is 3.85. The Morgan fingerprint density at radius 1 is 0.893 bits per heavy atom. The van der Waals surface area contributed by atoms with Gasteiger partial charge in [0.25, 0.3) is 5.91 Å². The van der Waals surface area contributed by atoms with Gasteiger partial charge < -0.3 is 25.6 Å². The van der Waals surface area contributed by atoms with E-state index >= 15 is 0 Å². The Kier molecular flexibility index (Phi) is 7.83. The van der Waals surface area contributed by atoms with Crippen LogP contribution in [0.3, 0.4) is 0 Å². The van der Waals surface area contributed by atoms with Crippen LogP contribution in [0.25, 0.3) is 0 Å². The number of anilines is 3. The summed E-state index contributed by atoms with van der Waals surface area (Å²) in [6.45, 7) is -0.282. The Hall–Kier alpha value is -3.55. The Labute approximate surface area is 163 Å². The number of benzene rings is 2. The molecule has 0 aromatic heterocycles. The van der Waals surface area contributed by atoms with Gasteiger partial charge in [-0.3, -0.25) is 9.59 Å². The third-order valence-electron chi connectivity index (χ3n) is 3.68. The van der Waals surface area contributed by atoms with Gasteiger partial charge in [0, 0.05) is 37.7 Å². The topological polar surface area (TPSA) is 99.8 Å². The number of carbonyl (C=O) groups excluding carboxylic acids is 3. The molecule has 148 valence electrons. The maximum atomic E-state index is 11.8. The number of urea groups is 1. The third kappa shape index (κ3) is 7.36. The number of rotatable bonds is 8. The van der Waals surface area contributed by atoms with Crippen LogP contribution in [0.4, 0.5) is 21.9 Å². The molecular weight excluding hydrogens is 360 g/mol. The highest BCUT2D eigenvalue weighted by Crippen LogP contribution is 2.15. The molecular formula is C20H24N4O4. The van der Waals surface area contributed by atoms with E-state index in [1.807, 2.05) is 37.2 Å². The molecule has 0 aliphatic rings. The number of nitrogens with zero attached hydrogens (tertiary/aromatic N) is 1. The second kappa shape index (κ2) is 10.6. The predicted molar refractivity (Wildman–Crippen MR) is 108 cm³/mol. The molecule has 0 radical (unpaired) electrons. The van der Waals surface area contributed by atoms with Crippen molar-refractivity contribution >= 4 is 35.0 Å². The zero-order valence-corrected chi connectivity index (χ0v) is 15.9. The van der Waals surface area contributed by atoms with Crippen molar-refractivity contribution in [2.24, 2.45) is 0 Å². The van der Waals surface area contributed by atoms with Crippen molar-refractivity contribution in [3.8, 4) is 0 Å². The van der Waals surface area contributed by atoms with E-state index in [-0.39, 0.29) is 19.6 Å². The average molecular weight is 384 g/mol. The van der Waals surface area contributed by atoms with Gasteiger partial charge in [0.05, 0.1) is 6.42 Å². The van der Waals surface area contributed by atoms with Gasteiger partial charge in [-0.1, -0.05) is 18.2 Å². The van der Waals surface area contributed by atoms with Crippen LogP contribution in [0.5, 0.6) is 0 Å². The molecule has 0 aliphatic carbocycles. The van der Waals surface area contributed by atoms with Crippen LogP contribution in [-0.2, 0) is 14.3 Å². The summed E-state index contributed by atoms with van der Waals surface area (Å²) in [5, 5.41) is 7.83. The van der Waals surface area contributed by atoms with Crippen molar-refractivity contribution in [3.05, 3.63) is 54.6 Å². The summed E-state index contributed by atoms with van der Waals surface area (Å²) < 4.78 is 4.91. The minimum atomic E-state index is -0.571. The van der Waals surface area contributed by atoms with Gasteiger partial charge in [0.1, 0.15) is 0 Å². The molecule has 0 fully saturated rings. The lowest BCUT2D eigenvalue weighted by Crippen LogP contribution is -2.31. The normalized spacial score (nSPS) is 9.93. The van der Waals surface area contributed by atoms with E-state index in [0.29, 0.717) is 11.4 Å². The van der Waals surface area contributed by atoms with Gasteiger partial charge in [-0.2, -0.15) is 0 Å². The van der Waals surface area contributed by atoms with E-state index in [0.717, 1.165) is 5.69 Å². The summed E-state index contributed by atoms with van der Waals surface area (Å²) in [4.78, 5) is 37.2. The highest BCUT2D eigenvalue weighted by molar-refractivity contribution is 5.93. The molecule has 3 N–H and O–H groups in total. The highest BCUT2D eigenvalue weighted by atomic mass is 16.5. The smallest absolute Gasteiger partial charge is 0.319 e. The van der Waals surface area contributed by atoms with Gasteiger partial charge >= 0.3 is 12.0 Å². The SMILES string of the molecule is CN(C)c1ccc(NC(=O)COC(=O)CCNC(=O)Nc2ccccc2)cc1. The molecule has 2 aromatic carbocycles. The number of nitrogens with one attached hydrogen (secondary N) is 3. The minimum Gasteiger partial charge on any atom is -0.456 e. The first-order chi connectivity index (χ1) is 13.4. The number of carbonyl (C=O) groups is 3. The molecule has 3 amide bonds. The van der Waals surface area contributed by atoms with Crippen molar-refractivity contribution < 1.29 is 19.1 Å². The van der Waals surface area contributed by atoms with Crippen molar-refractivity contribution in [2.75, 3.05) is 42.8 Å². The van der Waals surface area contributed by atoms with Crippen molar-refractivity contribution in [3.63, 3.8) is 0 Å². The monoisotopic (exact) mass is 384 g/mol. The van der Waals surface area contributed by atoms with Crippen LogP contribution < -0.4 is 20.9 Å². The van der Waals surface area contributed by atoms with Crippen LogP contribution in [0.2, 0.25) is 0 Å². The fourth-order valence-corrected chi connectivity index (χ4v) is 2.23. The Morgan fingerprint density at radius 3 is 2.18 bits per heavy atom. The lowest BCUT2D eigenvalue weighted by Gasteiger charge is -2.13. The molecule has 28 heavy (non-hydrogen) atoms. The van der Waals surface area contributed by atoms with Crippen molar-refractivity contribution in [2.45, 2.75) is 6.42 Å². The highest BCUT2D eigenvalue weighted by Gasteiger charge is 2.09.